The zero-order chi connectivity index (χ0) is 12.1. The average Bonchev–Trinajstić information content (AvgIpc) is 2.38. The second-order valence-electron chi connectivity index (χ2n) is 3.77. The lowest BCUT2D eigenvalue weighted by Gasteiger charge is -2.05. The van der Waals surface area contributed by atoms with Crippen LogP contribution in [0.25, 0.3) is 6.08 Å². The molecule has 0 saturated carbocycles. The molecule has 0 spiro atoms. The Kier molecular flexibility index (Phi) is 4.13. The fourth-order valence-corrected chi connectivity index (χ4v) is 1.80. The molecule has 2 rings (SSSR count). The Morgan fingerprint density at radius 1 is 0.941 bits per heavy atom. The van der Waals surface area contributed by atoms with Crippen LogP contribution in [-0.2, 0) is 0 Å². The van der Waals surface area contributed by atoms with E-state index in [9.17, 15) is 5.11 Å². The van der Waals surface area contributed by atoms with Gasteiger partial charge >= 0.3 is 0 Å². The van der Waals surface area contributed by atoms with Gasteiger partial charge in [-0.1, -0.05) is 70.5 Å². The van der Waals surface area contributed by atoms with Crippen molar-refractivity contribution in [2.45, 2.75) is 6.10 Å². The molecule has 0 amide bonds. The zero-order valence-corrected chi connectivity index (χ0v) is 10.8. The lowest BCUT2D eigenvalue weighted by atomic mass is 10.1. The summed E-state index contributed by atoms with van der Waals surface area (Å²) >= 11 is 3.37. The van der Waals surface area contributed by atoms with E-state index in [1.54, 1.807) is 6.08 Å². The van der Waals surface area contributed by atoms with Gasteiger partial charge in [0.05, 0.1) is 6.10 Å². The maximum absolute atomic E-state index is 9.97. The fraction of sp³-hybridized carbons (Fsp3) is 0.0667. The molecule has 17 heavy (non-hydrogen) atoms. The van der Waals surface area contributed by atoms with Gasteiger partial charge < -0.3 is 5.11 Å². The van der Waals surface area contributed by atoms with Crippen LogP contribution in [-0.4, -0.2) is 5.11 Å². The van der Waals surface area contributed by atoms with Crippen molar-refractivity contribution in [3.8, 4) is 0 Å². The van der Waals surface area contributed by atoms with Crippen LogP contribution in [0.2, 0.25) is 0 Å². The van der Waals surface area contributed by atoms with Gasteiger partial charge in [0, 0.05) is 4.47 Å². The smallest absolute Gasteiger partial charge is 0.0975 e. The van der Waals surface area contributed by atoms with Gasteiger partial charge in [0.1, 0.15) is 0 Å². The molecular weight excluding hydrogens is 276 g/mol. The number of aliphatic hydroxyl groups excluding tert-OH is 1. The van der Waals surface area contributed by atoms with Gasteiger partial charge in [-0.2, -0.15) is 0 Å². The number of rotatable bonds is 3. The maximum Gasteiger partial charge on any atom is 0.0975 e. The van der Waals surface area contributed by atoms with E-state index in [-0.39, 0.29) is 0 Å². The lowest BCUT2D eigenvalue weighted by Crippen LogP contribution is -1.91. The third-order valence-corrected chi connectivity index (χ3v) is 3.01. The first-order valence-electron chi connectivity index (χ1n) is 5.42. The Bertz CT molecular complexity index is 488. The van der Waals surface area contributed by atoms with Gasteiger partial charge in [-0.15, -0.1) is 0 Å². The summed E-state index contributed by atoms with van der Waals surface area (Å²) in [6.45, 7) is 0. The van der Waals surface area contributed by atoms with Crippen molar-refractivity contribution >= 4 is 22.0 Å². The standard InChI is InChI=1S/C15H13BrO/c16-14-9-7-13(8-10-14)15(17)11-6-12-4-2-1-3-5-12/h1-11,15,17H/b11-6+. The molecule has 0 saturated heterocycles. The summed E-state index contributed by atoms with van der Waals surface area (Å²) in [4.78, 5) is 0. The van der Waals surface area contributed by atoms with Crippen LogP contribution >= 0.6 is 15.9 Å². The number of aliphatic hydroxyl groups is 1. The van der Waals surface area contributed by atoms with Crippen LogP contribution in [0.3, 0.4) is 0 Å². The number of hydrogen-bond acceptors (Lipinski definition) is 1. The monoisotopic (exact) mass is 288 g/mol. The van der Waals surface area contributed by atoms with Crippen LogP contribution in [0.5, 0.6) is 0 Å². The normalized spacial score (nSPS) is 12.8. The van der Waals surface area contributed by atoms with Crippen LogP contribution < -0.4 is 0 Å². The number of hydrogen-bond donors (Lipinski definition) is 1. The first kappa shape index (κ1) is 12.1. The summed E-state index contributed by atoms with van der Waals surface area (Å²) in [7, 11) is 0. The van der Waals surface area contributed by atoms with E-state index in [0.29, 0.717) is 0 Å². The van der Waals surface area contributed by atoms with Crippen molar-refractivity contribution < 1.29 is 5.11 Å². The molecule has 0 radical (unpaired) electrons. The Morgan fingerprint density at radius 2 is 1.59 bits per heavy atom. The average molecular weight is 289 g/mol. The van der Waals surface area contributed by atoms with Gasteiger partial charge in [-0.3, -0.25) is 0 Å². The Morgan fingerprint density at radius 3 is 2.24 bits per heavy atom. The van der Waals surface area contributed by atoms with Gasteiger partial charge in [0.25, 0.3) is 0 Å². The molecular formula is C15H13BrO. The minimum absolute atomic E-state index is 0.566. The van der Waals surface area contributed by atoms with Gasteiger partial charge in [0.15, 0.2) is 0 Å². The molecule has 1 atom stereocenters. The molecule has 2 heteroatoms. The summed E-state index contributed by atoms with van der Waals surface area (Å²) in [6.07, 6.45) is 3.15. The fourth-order valence-electron chi connectivity index (χ4n) is 1.54. The Hall–Kier alpha value is -1.38. The second-order valence-corrected chi connectivity index (χ2v) is 4.68. The number of halogens is 1. The van der Waals surface area contributed by atoms with Gasteiger partial charge in [-0.05, 0) is 23.3 Å². The van der Waals surface area contributed by atoms with Crippen molar-refractivity contribution in [3.05, 3.63) is 76.3 Å². The van der Waals surface area contributed by atoms with E-state index in [1.165, 1.54) is 0 Å². The quantitative estimate of drug-likeness (QED) is 0.898. The highest BCUT2D eigenvalue weighted by Crippen LogP contribution is 2.18. The molecule has 0 bridgehead atoms. The molecule has 1 unspecified atom stereocenters. The van der Waals surface area contributed by atoms with Crippen molar-refractivity contribution in [2.24, 2.45) is 0 Å². The summed E-state index contributed by atoms with van der Waals surface area (Å²) in [5, 5.41) is 9.97. The largest absolute Gasteiger partial charge is 0.384 e. The third-order valence-electron chi connectivity index (χ3n) is 2.48. The van der Waals surface area contributed by atoms with Crippen molar-refractivity contribution in [1.29, 1.82) is 0 Å². The predicted octanol–water partition coefficient (Wildman–Crippen LogP) is 4.20. The van der Waals surface area contributed by atoms with Crippen LogP contribution in [0.4, 0.5) is 0 Å². The molecule has 86 valence electrons. The SMILES string of the molecule is OC(/C=C/c1ccccc1)c1ccc(Br)cc1. The predicted molar refractivity (Wildman–Crippen MR) is 74.6 cm³/mol. The Balaban J connectivity index is 2.09. The summed E-state index contributed by atoms with van der Waals surface area (Å²) in [5.41, 5.74) is 1.98. The van der Waals surface area contributed by atoms with Crippen molar-refractivity contribution in [2.75, 3.05) is 0 Å². The summed E-state index contributed by atoms with van der Waals surface area (Å²) in [5.74, 6) is 0. The summed E-state index contributed by atoms with van der Waals surface area (Å²) < 4.78 is 1.01. The molecule has 0 aliphatic rings. The van der Waals surface area contributed by atoms with E-state index in [2.05, 4.69) is 15.9 Å². The zero-order valence-electron chi connectivity index (χ0n) is 9.25. The van der Waals surface area contributed by atoms with Crippen molar-refractivity contribution in [1.82, 2.24) is 0 Å². The minimum Gasteiger partial charge on any atom is -0.384 e. The molecule has 0 heterocycles. The molecule has 0 aliphatic carbocycles. The van der Waals surface area contributed by atoms with E-state index < -0.39 is 6.10 Å². The molecule has 2 aromatic rings. The molecule has 1 N–H and O–H groups in total. The maximum atomic E-state index is 9.97. The van der Waals surface area contributed by atoms with E-state index >= 15 is 0 Å². The van der Waals surface area contributed by atoms with E-state index in [1.807, 2.05) is 60.7 Å². The molecule has 0 fully saturated rings. The highest BCUT2D eigenvalue weighted by atomic mass is 79.9. The highest BCUT2D eigenvalue weighted by Gasteiger charge is 2.02. The first-order valence-corrected chi connectivity index (χ1v) is 6.22. The lowest BCUT2D eigenvalue weighted by molar-refractivity contribution is 0.229. The Labute approximate surface area is 110 Å². The van der Waals surface area contributed by atoms with Crippen LogP contribution in [0.1, 0.15) is 17.2 Å². The molecule has 2 aromatic carbocycles. The molecule has 1 nitrogen and oxygen atoms in total. The number of benzene rings is 2. The van der Waals surface area contributed by atoms with Gasteiger partial charge in [0.2, 0.25) is 0 Å². The molecule has 0 aromatic heterocycles. The van der Waals surface area contributed by atoms with E-state index in [4.69, 9.17) is 0 Å². The van der Waals surface area contributed by atoms with E-state index in [0.717, 1.165) is 15.6 Å². The third kappa shape index (κ3) is 3.55. The minimum atomic E-state index is -0.566. The topological polar surface area (TPSA) is 20.2 Å². The van der Waals surface area contributed by atoms with Crippen LogP contribution in [0, 0.1) is 0 Å². The first-order chi connectivity index (χ1) is 8.25. The van der Waals surface area contributed by atoms with Gasteiger partial charge in [-0.25, -0.2) is 0 Å². The highest BCUT2D eigenvalue weighted by molar-refractivity contribution is 9.10. The summed E-state index contributed by atoms with van der Waals surface area (Å²) in [6, 6.07) is 17.6. The van der Waals surface area contributed by atoms with Crippen molar-refractivity contribution in [3.63, 3.8) is 0 Å². The second kappa shape index (κ2) is 5.80. The van der Waals surface area contributed by atoms with Crippen LogP contribution in [0.15, 0.2) is 65.1 Å². The molecule has 0 aliphatic heterocycles.